The van der Waals surface area contributed by atoms with Crippen molar-refractivity contribution in [1.29, 1.82) is 0 Å². The van der Waals surface area contributed by atoms with Crippen LogP contribution in [0.15, 0.2) is 72.8 Å². The van der Waals surface area contributed by atoms with Gasteiger partial charge in [0.05, 0.1) is 13.2 Å². The van der Waals surface area contributed by atoms with E-state index in [4.69, 9.17) is 4.74 Å². The summed E-state index contributed by atoms with van der Waals surface area (Å²) in [6, 6.07) is 20.4. The van der Waals surface area contributed by atoms with Gasteiger partial charge in [0.25, 0.3) is 11.8 Å². The van der Waals surface area contributed by atoms with E-state index in [0.717, 1.165) is 11.1 Å². The average molecular weight is 418 g/mol. The molecule has 158 valence electrons. The van der Waals surface area contributed by atoms with Crippen LogP contribution in [-0.2, 0) is 4.74 Å². The van der Waals surface area contributed by atoms with E-state index >= 15 is 0 Å². The van der Waals surface area contributed by atoms with Crippen LogP contribution in [0.5, 0.6) is 0 Å². The van der Waals surface area contributed by atoms with Crippen molar-refractivity contribution in [3.05, 3.63) is 101 Å². The fourth-order valence-electron chi connectivity index (χ4n) is 3.57. The maximum Gasteiger partial charge on any atom is 0.255 e. The lowest BCUT2D eigenvalue weighted by molar-refractivity contribution is -0.0228. The summed E-state index contributed by atoms with van der Waals surface area (Å²) >= 11 is 0. The Morgan fingerprint density at radius 2 is 1.74 bits per heavy atom. The number of nitrogens with zero attached hydrogens (tertiary/aromatic N) is 1. The molecular weight excluding hydrogens is 395 g/mol. The van der Waals surface area contributed by atoms with Gasteiger partial charge >= 0.3 is 0 Å². The Hall–Kier alpha value is -3.51. The molecule has 1 fully saturated rings. The highest BCUT2D eigenvalue weighted by molar-refractivity contribution is 6.05. The Morgan fingerprint density at radius 1 is 1.00 bits per heavy atom. The van der Waals surface area contributed by atoms with Crippen LogP contribution in [0, 0.1) is 12.7 Å². The van der Waals surface area contributed by atoms with Gasteiger partial charge in [0.1, 0.15) is 11.9 Å². The normalized spacial score (nSPS) is 16.1. The molecule has 2 amide bonds. The van der Waals surface area contributed by atoms with Crippen molar-refractivity contribution >= 4 is 17.5 Å². The summed E-state index contributed by atoms with van der Waals surface area (Å²) in [6.07, 6.45) is -0.305. The number of rotatable bonds is 4. The molecular formula is C25H23FN2O3. The van der Waals surface area contributed by atoms with Crippen molar-refractivity contribution in [3.8, 4) is 0 Å². The maximum atomic E-state index is 13.2. The summed E-state index contributed by atoms with van der Waals surface area (Å²) in [6.45, 7) is 3.13. The Morgan fingerprint density at radius 3 is 2.48 bits per heavy atom. The second kappa shape index (κ2) is 9.10. The van der Waals surface area contributed by atoms with Crippen molar-refractivity contribution in [2.24, 2.45) is 0 Å². The third-order valence-corrected chi connectivity index (χ3v) is 5.36. The van der Waals surface area contributed by atoms with Crippen molar-refractivity contribution in [3.63, 3.8) is 0 Å². The lowest BCUT2D eigenvalue weighted by Gasteiger charge is -2.33. The Balaban J connectivity index is 1.50. The molecule has 1 saturated heterocycles. The van der Waals surface area contributed by atoms with E-state index in [2.05, 4.69) is 5.32 Å². The number of aryl methyl sites for hydroxylation is 1. The van der Waals surface area contributed by atoms with Crippen LogP contribution >= 0.6 is 0 Å². The Bertz CT molecular complexity index is 1080. The number of carbonyl (C=O) groups excluding carboxylic acids is 2. The van der Waals surface area contributed by atoms with Crippen molar-refractivity contribution < 1.29 is 18.7 Å². The molecule has 0 radical (unpaired) electrons. The summed E-state index contributed by atoms with van der Waals surface area (Å²) < 4.78 is 19.0. The lowest BCUT2D eigenvalue weighted by Crippen LogP contribution is -2.42. The van der Waals surface area contributed by atoms with Crippen LogP contribution in [-0.4, -0.2) is 36.4 Å². The molecule has 1 heterocycles. The fourth-order valence-corrected chi connectivity index (χ4v) is 3.57. The predicted molar refractivity (Wildman–Crippen MR) is 117 cm³/mol. The van der Waals surface area contributed by atoms with Gasteiger partial charge in [0.2, 0.25) is 0 Å². The van der Waals surface area contributed by atoms with Crippen molar-refractivity contribution in [2.45, 2.75) is 13.0 Å². The van der Waals surface area contributed by atoms with Gasteiger partial charge in [0.15, 0.2) is 0 Å². The first-order valence-corrected chi connectivity index (χ1v) is 10.1. The smallest absolute Gasteiger partial charge is 0.255 e. The van der Waals surface area contributed by atoms with Gasteiger partial charge in [-0.25, -0.2) is 4.39 Å². The van der Waals surface area contributed by atoms with Gasteiger partial charge in [-0.15, -0.1) is 0 Å². The number of nitrogens with one attached hydrogen (secondary N) is 1. The van der Waals surface area contributed by atoms with Crippen LogP contribution in [0.2, 0.25) is 0 Å². The molecule has 6 heteroatoms. The van der Waals surface area contributed by atoms with Gasteiger partial charge in [-0.3, -0.25) is 9.59 Å². The maximum absolute atomic E-state index is 13.2. The second-order valence-electron chi connectivity index (χ2n) is 7.51. The highest BCUT2D eigenvalue weighted by atomic mass is 19.1. The molecule has 0 aliphatic carbocycles. The molecule has 0 aromatic heterocycles. The number of anilines is 1. The fraction of sp³-hybridized carbons (Fsp3) is 0.200. The minimum atomic E-state index is -0.308. The molecule has 1 aliphatic heterocycles. The molecule has 0 spiro atoms. The summed E-state index contributed by atoms with van der Waals surface area (Å²) in [4.78, 5) is 27.4. The van der Waals surface area contributed by atoms with E-state index in [1.165, 1.54) is 12.1 Å². The second-order valence-corrected chi connectivity index (χ2v) is 7.51. The van der Waals surface area contributed by atoms with Gasteiger partial charge in [-0.05, 0) is 54.4 Å². The van der Waals surface area contributed by atoms with Gasteiger partial charge in [-0.2, -0.15) is 0 Å². The zero-order valence-electron chi connectivity index (χ0n) is 17.2. The molecule has 3 aromatic carbocycles. The number of ether oxygens (including phenoxy) is 1. The first kappa shape index (κ1) is 20.8. The predicted octanol–water partition coefficient (Wildman–Crippen LogP) is 4.60. The minimum Gasteiger partial charge on any atom is -0.370 e. The number of halogens is 1. The zero-order chi connectivity index (χ0) is 21.8. The van der Waals surface area contributed by atoms with Gasteiger partial charge in [0, 0.05) is 23.4 Å². The van der Waals surface area contributed by atoms with E-state index in [9.17, 15) is 14.0 Å². The molecule has 1 aliphatic rings. The van der Waals surface area contributed by atoms with Crippen molar-refractivity contribution in [2.75, 3.05) is 25.0 Å². The van der Waals surface area contributed by atoms with Crippen LogP contribution < -0.4 is 5.32 Å². The standard InChI is InChI=1S/C25H23FN2O3/c1-17-7-8-20(15-22(17)27-24(29)19-5-3-2-4-6-19)25(30)28-13-14-31-23(16-28)18-9-11-21(26)12-10-18/h2-12,15,23H,13-14,16H2,1H3,(H,27,29)/t23-/m0/s1. The summed E-state index contributed by atoms with van der Waals surface area (Å²) in [7, 11) is 0. The molecule has 1 atom stereocenters. The first-order valence-electron chi connectivity index (χ1n) is 10.1. The molecule has 4 rings (SSSR count). The Kier molecular flexibility index (Phi) is 6.09. The van der Waals surface area contributed by atoms with Crippen LogP contribution in [0.1, 0.15) is 37.9 Å². The molecule has 31 heavy (non-hydrogen) atoms. The van der Waals surface area contributed by atoms with E-state index in [-0.39, 0.29) is 23.7 Å². The lowest BCUT2D eigenvalue weighted by atomic mass is 10.1. The van der Waals surface area contributed by atoms with Crippen molar-refractivity contribution in [1.82, 2.24) is 4.90 Å². The zero-order valence-corrected chi connectivity index (χ0v) is 17.2. The monoisotopic (exact) mass is 418 g/mol. The van der Waals surface area contributed by atoms with E-state index < -0.39 is 0 Å². The van der Waals surface area contributed by atoms with Crippen LogP contribution in [0.25, 0.3) is 0 Å². The molecule has 1 N–H and O–H groups in total. The summed E-state index contributed by atoms with van der Waals surface area (Å²) in [5.74, 6) is -0.668. The van der Waals surface area contributed by atoms with E-state index in [0.29, 0.717) is 36.5 Å². The van der Waals surface area contributed by atoms with Gasteiger partial charge < -0.3 is 15.0 Å². The number of carbonyl (C=O) groups is 2. The third-order valence-electron chi connectivity index (χ3n) is 5.36. The summed E-state index contributed by atoms with van der Waals surface area (Å²) in [5, 5.41) is 2.89. The van der Waals surface area contributed by atoms with Crippen LogP contribution in [0.3, 0.4) is 0 Å². The minimum absolute atomic E-state index is 0.134. The number of hydrogen-bond acceptors (Lipinski definition) is 3. The molecule has 3 aromatic rings. The topological polar surface area (TPSA) is 58.6 Å². The molecule has 0 saturated carbocycles. The van der Waals surface area contributed by atoms with Crippen LogP contribution in [0.4, 0.5) is 10.1 Å². The first-order chi connectivity index (χ1) is 15.0. The molecule has 0 bridgehead atoms. The number of morpholine rings is 1. The summed E-state index contributed by atoms with van der Waals surface area (Å²) in [5.41, 5.74) is 3.34. The van der Waals surface area contributed by atoms with E-state index in [1.807, 2.05) is 19.1 Å². The third kappa shape index (κ3) is 4.81. The molecule has 0 unspecified atom stereocenters. The highest BCUT2D eigenvalue weighted by Crippen LogP contribution is 2.25. The number of amides is 2. The van der Waals surface area contributed by atoms with Gasteiger partial charge in [-0.1, -0.05) is 36.4 Å². The number of hydrogen-bond donors (Lipinski definition) is 1. The highest BCUT2D eigenvalue weighted by Gasteiger charge is 2.26. The molecule has 5 nitrogen and oxygen atoms in total. The Labute approximate surface area is 180 Å². The SMILES string of the molecule is Cc1ccc(C(=O)N2CCO[C@H](c3ccc(F)cc3)C2)cc1NC(=O)c1ccccc1. The quantitative estimate of drug-likeness (QED) is 0.674. The average Bonchev–Trinajstić information content (AvgIpc) is 2.81. The van der Waals surface area contributed by atoms with E-state index in [1.54, 1.807) is 53.4 Å². The largest absolute Gasteiger partial charge is 0.370 e. The number of benzene rings is 3.